The Bertz CT molecular complexity index is 213. The van der Waals surface area contributed by atoms with Crippen molar-refractivity contribution in [3.8, 4) is 0 Å². The van der Waals surface area contributed by atoms with Crippen molar-refractivity contribution in [2.24, 2.45) is 0 Å². The van der Waals surface area contributed by atoms with Gasteiger partial charge in [-0.05, 0) is 11.5 Å². The van der Waals surface area contributed by atoms with E-state index in [1.54, 1.807) is 0 Å². The molecule has 0 aromatic heterocycles. The molecule has 1 nitrogen and oxygen atoms in total. The van der Waals surface area contributed by atoms with E-state index in [1.165, 1.54) is 25.7 Å². The van der Waals surface area contributed by atoms with Gasteiger partial charge in [0.05, 0.1) is 0 Å². The normalized spacial score (nSPS) is 12.9. The van der Waals surface area contributed by atoms with Gasteiger partial charge < -0.3 is 4.79 Å². The fourth-order valence-electron chi connectivity index (χ4n) is 1.62. The average molecular weight is 242 g/mol. The first kappa shape index (κ1) is 15.9. The van der Waals surface area contributed by atoms with Crippen molar-refractivity contribution >= 4 is 13.5 Å². The Hall–Kier alpha value is -0.113. The predicted octanol–water partition coefficient (Wildman–Crippen LogP) is 4.96. The molecule has 0 spiro atoms. The minimum Gasteiger partial charge on any atom is -0.305 e. The second-order valence-electron chi connectivity index (χ2n) is 6.46. The first-order valence-corrected chi connectivity index (χ1v) is 9.76. The monoisotopic (exact) mass is 242 g/mol. The molecule has 0 saturated heterocycles. The average Bonchev–Trinajstić information content (AvgIpc) is 2.15. The molecule has 0 bridgehead atoms. The van der Waals surface area contributed by atoms with Crippen molar-refractivity contribution in [2.45, 2.75) is 84.4 Å². The maximum Gasteiger partial charge on any atom is 0.132 e. The van der Waals surface area contributed by atoms with Crippen LogP contribution in [0.2, 0.25) is 18.1 Å². The molecule has 0 N–H and O–H groups in total. The van der Waals surface area contributed by atoms with E-state index < -0.39 is 8.07 Å². The van der Waals surface area contributed by atoms with Gasteiger partial charge in [-0.25, -0.2) is 0 Å². The molecule has 0 saturated carbocycles. The van der Waals surface area contributed by atoms with E-state index in [2.05, 4.69) is 40.8 Å². The third-order valence-corrected chi connectivity index (χ3v) is 9.47. The zero-order valence-electron chi connectivity index (χ0n) is 12.2. The van der Waals surface area contributed by atoms with Crippen molar-refractivity contribution in [3.63, 3.8) is 0 Å². The van der Waals surface area contributed by atoms with Crippen molar-refractivity contribution in [1.82, 2.24) is 0 Å². The van der Waals surface area contributed by atoms with Gasteiger partial charge in [0.1, 0.15) is 13.5 Å². The molecule has 0 unspecified atom stereocenters. The van der Waals surface area contributed by atoms with Crippen LogP contribution in [0.15, 0.2) is 0 Å². The Kier molecular flexibility index (Phi) is 6.53. The number of rotatable bonds is 7. The molecule has 0 fully saturated rings. The number of carbonyl (C=O) groups is 1. The van der Waals surface area contributed by atoms with Crippen molar-refractivity contribution in [2.75, 3.05) is 0 Å². The summed E-state index contributed by atoms with van der Waals surface area (Å²) >= 11 is 0. The van der Waals surface area contributed by atoms with Crippen LogP contribution in [0.4, 0.5) is 0 Å². The lowest BCUT2D eigenvalue weighted by Gasteiger charge is -2.35. The van der Waals surface area contributed by atoms with Gasteiger partial charge in [-0.15, -0.1) is 0 Å². The van der Waals surface area contributed by atoms with Gasteiger partial charge >= 0.3 is 0 Å². The molecular formula is C14H30OSi. The largest absolute Gasteiger partial charge is 0.305 e. The van der Waals surface area contributed by atoms with Gasteiger partial charge in [0.2, 0.25) is 0 Å². The highest BCUT2D eigenvalue weighted by molar-refractivity contribution is 7.06. The summed E-state index contributed by atoms with van der Waals surface area (Å²) in [7, 11) is -1.72. The van der Waals surface area contributed by atoms with Crippen molar-refractivity contribution < 1.29 is 4.79 Å². The van der Waals surface area contributed by atoms with Crippen molar-refractivity contribution in [3.05, 3.63) is 0 Å². The zero-order valence-corrected chi connectivity index (χ0v) is 13.2. The summed E-state index contributed by atoms with van der Waals surface area (Å²) in [5.41, 5.74) is 0. The van der Waals surface area contributed by atoms with Crippen LogP contribution in [-0.2, 0) is 4.79 Å². The molecule has 0 aliphatic rings. The molecule has 0 aromatic carbocycles. The Morgan fingerprint density at radius 2 is 1.50 bits per heavy atom. The second-order valence-corrected chi connectivity index (χ2v) is 11.8. The highest BCUT2D eigenvalue weighted by Gasteiger charge is 2.41. The van der Waals surface area contributed by atoms with Crippen LogP contribution in [0.5, 0.6) is 0 Å². The molecule has 16 heavy (non-hydrogen) atoms. The Balaban J connectivity index is 3.98. The molecular weight excluding hydrogens is 212 g/mol. The fraction of sp³-hybridized carbons (Fsp3) is 0.929. The Labute approximate surface area is 103 Å². The van der Waals surface area contributed by atoms with E-state index in [9.17, 15) is 4.79 Å². The zero-order chi connectivity index (χ0) is 12.8. The van der Waals surface area contributed by atoms with Gasteiger partial charge in [0.15, 0.2) is 0 Å². The minimum atomic E-state index is -1.72. The fourth-order valence-corrected chi connectivity index (χ4v) is 3.26. The maximum absolute atomic E-state index is 12.2. The van der Waals surface area contributed by atoms with Crippen LogP contribution in [0.3, 0.4) is 0 Å². The summed E-state index contributed by atoms with van der Waals surface area (Å²) in [5.74, 6) is 0. The summed E-state index contributed by atoms with van der Waals surface area (Å²) < 4.78 is 0. The number of carbonyl (C=O) groups excluding carboxylic acids is 1. The van der Waals surface area contributed by atoms with Gasteiger partial charge in [-0.3, -0.25) is 0 Å². The Morgan fingerprint density at radius 3 is 1.94 bits per heavy atom. The molecule has 2 heteroatoms. The molecule has 0 atom stereocenters. The van der Waals surface area contributed by atoms with Crippen LogP contribution < -0.4 is 0 Å². The van der Waals surface area contributed by atoms with Crippen LogP contribution in [0.1, 0.15) is 66.2 Å². The third-order valence-electron chi connectivity index (χ3n) is 4.08. The lowest BCUT2D eigenvalue weighted by molar-refractivity contribution is -0.113. The molecule has 0 aliphatic carbocycles. The molecule has 0 amide bonds. The predicted molar refractivity (Wildman–Crippen MR) is 75.6 cm³/mol. The second kappa shape index (κ2) is 6.58. The molecule has 96 valence electrons. The topological polar surface area (TPSA) is 17.1 Å². The summed E-state index contributed by atoms with van der Waals surface area (Å²) in [4.78, 5) is 12.2. The first-order chi connectivity index (χ1) is 7.23. The third kappa shape index (κ3) is 4.81. The van der Waals surface area contributed by atoms with Crippen LogP contribution in [-0.4, -0.2) is 13.5 Å². The highest BCUT2D eigenvalue weighted by Crippen LogP contribution is 2.37. The maximum atomic E-state index is 12.2. The minimum absolute atomic E-state index is 0.202. The standard InChI is InChI=1S/C14H30OSi/c1-7-8-9-10-11-12-13(15)16(5,6)14(2,3)4/h7-12H2,1-6H3. The summed E-state index contributed by atoms with van der Waals surface area (Å²) in [6.07, 6.45) is 7.03. The number of unbranched alkanes of at least 4 members (excludes halogenated alkanes) is 4. The lowest BCUT2D eigenvalue weighted by atomic mass is 10.1. The van der Waals surface area contributed by atoms with E-state index in [-0.39, 0.29) is 5.04 Å². The quantitative estimate of drug-likeness (QED) is 0.455. The molecule has 0 rings (SSSR count). The van der Waals surface area contributed by atoms with E-state index in [1.807, 2.05) is 0 Å². The van der Waals surface area contributed by atoms with E-state index in [0.29, 0.717) is 5.41 Å². The summed E-state index contributed by atoms with van der Waals surface area (Å²) in [6, 6.07) is 0. The molecule has 0 aliphatic heterocycles. The van der Waals surface area contributed by atoms with Gasteiger partial charge in [-0.1, -0.05) is 66.5 Å². The molecule has 0 radical (unpaired) electrons. The SMILES string of the molecule is CCCCCCCC(=O)[Si](C)(C)C(C)(C)C. The van der Waals surface area contributed by atoms with E-state index >= 15 is 0 Å². The van der Waals surface area contributed by atoms with Crippen molar-refractivity contribution in [1.29, 1.82) is 0 Å². The summed E-state index contributed by atoms with van der Waals surface area (Å²) in [5, 5.41) is 0.768. The summed E-state index contributed by atoms with van der Waals surface area (Å²) in [6.45, 7) is 13.3. The van der Waals surface area contributed by atoms with Crippen LogP contribution >= 0.6 is 0 Å². The van der Waals surface area contributed by atoms with E-state index in [4.69, 9.17) is 0 Å². The van der Waals surface area contributed by atoms with Crippen LogP contribution in [0, 0.1) is 0 Å². The Morgan fingerprint density at radius 1 is 1.00 bits per heavy atom. The van der Waals surface area contributed by atoms with Gasteiger partial charge in [0.25, 0.3) is 0 Å². The highest BCUT2D eigenvalue weighted by atomic mass is 28.3. The first-order valence-electron chi connectivity index (χ1n) is 6.76. The van der Waals surface area contributed by atoms with E-state index in [0.717, 1.165) is 12.8 Å². The molecule has 0 heterocycles. The smallest absolute Gasteiger partial charge is 0.132 e. The number of hydrogen-bond donors (Lipinski definition) is 0. The van der Waals surface area contributed by atoms with Crippen LogP contribution in [0.25, 0.3) is 0 Å². The van der Waals surface area contributed by atoms with Gasteiger partial charge in [0, 0.05) is 6.42 Å². The van der Waals surface area contributed by atoms with Gasteiger partial charge in [-0.2, -0.15) is 0 Å². The molecule has 0 aromatic rings. The number of hydrogen-bond acceptors (Lipinski definition) is 1. The lowest BCUT2D eigenvalue weighted by Crippen LogP contribution is -2.46.